The molecule has 0 aliphatic heterocycles. The lowest BCUT2D eigenvalue weighted by Crippen LogP contribution is -2.29. The van der Waals surface area contributed by atoms with Crippen molar-refractivity contribution in [2.45, 2.75) is 25.8 Å². The normalized spacial score (nSPS) is 12.4. The summed E-state index contributed by atoms with van der Waals surface area (Å²) in [6.45, 7) is 2.11. The summed E-state index contributed by atoms with van der Waals surface area (Å²) < 4.78 is 0. The Kier molecular flexibility index (Phi) is 5.38. The Morgan fingerprint density at radius 2 is 2.00 bits per heavy atom. The molecule has 0 saturated carbocycles. The van der Waals surface area contributed by atoms with Gasteiger partial charge in [0.25, 0.3) is 0 Å². The molecule has 0 bridgehead atoms. The van der Waals surface area contributed by atoms with E-state index in [0.717, 1.165) is 17.7 Å². The van der Waals surface area contributed by atoms with E-state index >= 15 is 0 Å². The molecule has 3 nitrogen and oxygen atoms in total. The maximum absolute atomic E-state index is 6.04. The van der Waals surface area contributed by atoms with Gasteiger partial charge in [0.15, 0.2) is 0 Å². The number of pyridine rings is 1. The van der Waals surface area contributed by atoms with Gasteiger partial charge in [-0.25, -0.2) is 0 Å². The molecular formula is C15H17Cl2N3. The third-order valence-electron chi connectivity index (χ3n) is 3.25. The zero-order valence-electron chi connectivity index (χ0n) is 11.2. The van der Waals surface area contributed by atoms with Crippen LogP contribution in [0.3, 0.4) is 0 Å². The van der Waals surface area contributed by atoms with Crippen LogP contribution in [-0.4, -0.2) is 4.98 Å². The summed E-state index contributed by atoms with van der Waals surface area (Å²) in [5.74, 6) is 5.64. The van der Waals surface area contributed by atoms with Crippen molar-refractivity contribution >= 4 is 23.2 Å². The van der Waals surface area contributed by atoms with E-state index in [2.05, 4.69) is 23.4 Å². The fourth-order valence-corrected chi connectivity index (χ4v) is 2.30. The third kappa shape index (κ3) is 3.70. The Bertz CT molecular complexity index is 570. The minimum absolute atomic E-state index is 0.0512. The summed E-state index contributed by atoms with van der Waals surface area (Å²) in [6, 6.07) is 9.58. The molecule has 1 heterocycles. The summed E-state index contributed by atoms with van der Waals surface area (Å²) in [4.78, 5) is 4.45. The average Bonchev–Trinajstić information content (AvgIpc) is 2.48. The lowest BCUT2D eigenvalue weighted by atomic mass is 10.0. The molecule has 0 radical (unpaired) electrons. The molecule has 0 amide bonds. The van der Waals surface area contributed by atoms with Crippen LogP contribution < -0.4 is 11.3 Å². The maximum atomic E-state index is 6.04. The topological polar surface area (TPSA) is 50.9 Å². The van der Waals surface area contributed by atoms with Gasteiger partial charge < -0.3 is 0 Å². The second kappa shape index (κ2) is 7.04. The lowest BCUT2D eigenvalue weighted by Gasteiger charge is -2.16. The van der Waals surface area contributed by atoms with Gasteiger partial charge in [-0.15, -0.1) is 0 Å². The first-order valence-corrected chi connectivity index (χ1v) is 7.24. The van der Waals surface area contributed by atoms with Crippen LogP contribution in [0.5, 0.6) is 0 Å². The SMILES string of the molecule is CCc1ccc(CC(NN)c2ccc(Cl)c(Cl)c2)nc1. The van der Waals surface area contributed by atoms with Crippen molar-refractivity contribution in [1.29, 1.82) is 0 Å². The monoisotopic (exact) mass is 309 g/mol. The van der Waals surface area contributed by atoms with Gasteiger partial charge in [0.2, 0.25) is 0 Å². The molecule has 5 heteroatoms. The number of nitrogens with two attached hydrogens (primary N) is 1. The summed E-state index contributed by atoms with van der Waals surface area (Å²) in [6.07, 6.45) is 3.58. The highest BCUT2D eigenvalue weighted by atomic mass is 35.5. The minimum atomic E-state index is -0.0512. The fourth-order valence-electron chi connectivity index (χ4n) is 2.00. The van der Waals surface area contributed by atoms with Crippen molar-refractivity contribution < 1.29 is 0 Å². The first kappa shape index (κ1) is 15.3. The molecule has 1 aromatic carbocycles. The molecule has 0 saturated heterocycles. The standard InChI is InChI=1S/C15H17Cl2N3/c1-2-10-3-5-12(19-9-10)8-15(20-18)11-4-6-13(16)14(17)7-11/h3-7,9,15,20H,2,8,18H2,1H3. The average molecular weight is 310 g/mol. The van der Waals surface area contributed by atoms with Gasteiger partial charge in [0.05, 0.1) is 16.1 Å². The van der Waals surface area contributed by atoms with Gasteiger partial charge in [-0.05, 0) is 35.7 Å². The summed E-state index contributed by atoms with van der Waals surface area (Å²) >= 11 is 12.0. The number of hydrazine groups is 1. The number of aromatic nitrogens is 1. The van der Waals surface area contributed by atoms with Crippen molar-refractivity contribution in [3.63, 3.8) is 0 Å². The van der Waals surface area contributed by atoms with Crippen LogP contribution in [0.25, 0.3) is 0 Å². The molecule has 106 valence electrons. The van der Waals surface area contributed by atoms with Crippen LogP contribution in [0.1, 0.15) is 29.8 Å². The fraction of sp³-hybridized carbons (Fsp3) is 0.267. The summed E-state index contributed by atoms with van der Waals surface area (Å²) in [7, 11) is 0. The van der Waals surface area contributed by atoms with E-state index in [9.17, 15) is 0 Å². The second-order valence-corrected chi connectivity index (χ2v) is 5.42. The minimum Gasteiger partial charge on any atom is -0.271 e. The molecule has 0 fully saturated rings. The molecule has 0 spiro atoms. The number of nitrogens with zero attached hydrogens (tertiary/aromatic N) is 1. The zero-order chi connectivity index (χ0) is 14.5. The quantitative estimate of drug-likeness (QED) is 0.654. The van der Waals surface area contributed by atoms with E-state index < -0.39 is 0 Å². The molecular weight excluding hydrogens is 293 g/mol. The Labute approximate surface area is 129 Å². The van der Waals surface area contributed by atoms with Crippen molar-refractivity contribution in [3.05, 3.63) is 63.4 Å². The smallest absolute Gasteiger partial charge is 0.0595 e. The molecule has 2 aromatic rings. The van der Waals surface area contributed by atoms with Gasteiger partial charge >= 0.3 is 0 Å². The van der Waals surface area contributed by atoms with E-state index in [0.29, 0.717) is 16.5 Å². The van der Waals surface area contributed by atoms with Crippen molar-refractivity contribution in [1.82, 2.24) is 10.4 Å². The Morgan fingerprint density at radius 3 is 2.55 bits per heavy atom. The number of nitrogens with one attached hydrogen (secondary N) is 1. The third-order valence-corrected chi connectivity index (χ3v) is 3.99. The van der Waals surface area contributed by atoms with E-state index in [1.807, 2.05) is 24.4 Å². The van der Waals surface area contributed by atoms with Crippen LogP contribution in [0, 0.1) is 0 Å². The molecule has 3 N–H and O–H groups in total. The van der Waals surface area contributed by atoms with E-state index in [1.54, 1.807) is 6.07 Å². The number of aryl methyl sites for hydroxylation is 1. The predicted octanol–water partition coefficient (Wildman–Crippen LogP) is 3.70. The molecule has 0 aliphatic rings. The van der Waals surface area contributed by atoms with Gasteiger partial charge in [0.1, 0.15) is 0 Å². The van der Waals surface area contributed by atoms with Crippen molar-refractivity contribution in [2.75, 3.05) is 0 Å². The van der Waals surface area contributed by atoms with Crippen LogP contribution >= 0.6 is 23.2 Å². The molecule has 0 aliphatic carbocycles. The van der Waals surface area contributed by atoms with E-state index in [4.69, 9.17) is 29.0 Å². The Balaban J connectivity index is 2.16. The molecule has 1 unspecified atom stereocenters. The number of rotatable bonds is 5. The van der Waals surface area contributed by atoms with Gasteiger partial charge in [-0.2, -0.15) is 0 Å². The van der Waals surface area contributed by atoms with Gasteiger partial charge in [-0.1, -0.05) is 42.3 Å². The van der Waals surface area contributed by atoms with Gasteiger partial charge in [-0.3, -0.25) is 16.3 Å². The molecule has 1 atom stereocenters. The highest BCUT2D eigenvalue weighted by Crippen LogP contribution is 2.26. The van der Waals surface area contributed by atoms with Crippen LogP contribution in [0.2, 0.25) is 10.0 Å². The molecule has 2 rings (SSSR count). The molecule has 20 heavy (non-hydrogen) atoms. The van der Waals surface area contributed by atoms with Gasteiger partial charge in [0, 0.05) is 18.3 Å². The first-order chi connectivity index (χ1) is 9.63. The number of halogens is 2. The number of hydrogen-bond donors (Lipinski definition) is 2. The Hall–Kier alpha value is -1.13. The van der Waals surface area contributed by atoms with Crippen LogP contribution in [-0.2, 0) is 12.8 Å². The summed E-state index contributed by atoms with van der Waals surface area (Å²) in [5.41, 5.74) is 5.99. The van der Waals surface area contributed by atoms with E-state index in [1.165, 1.54) is 5.56 Å². The maximum Gasteiger partial charge on any atom is 0.0595 e. The number of hydrogen-bond acceptors (Lipinski definition) is 3. The first-order valence-electron chi connectivity index (χ1n) is 6.49. The van der Waals surface area contributed by atoms with Crippen molar-refractivity contribution in [3.8, 4) is 0 Å². The van der Waals surface area contributed by atoms with Crippen LogP contribution in [0.15, 0.2) is 36.5 Å². The van der Waals surface area contributed by atoms with E-state index in [-0.39, 0.29) is 6.04 Å². The number of benzene rings is 1. The Morgan fingerprint density at radius 1 is 1.20 bits per heavy atom. The van der Waals surface area contributed by atoms with Crippen molar-refractivity contribution in [2.24, 2.45) is 5.84 Å². The molecule has 1 aromatic heterocycles. The second-order valence-electron chi connectivity index (χ2n) is 4.61. The highest BCUT2D eigenvalue weighted by molar-refractivity contribution is 6.42. The summed E-state index contributed by atoms with van der Waals surface area (Å²) in [5, 5.41) is 1.07. The largest absolute Gasteiger partial charge is 0.271 e. The van der Waals surface area contributed by atoms with Crippen LogP contribution in [0.4, 0.5) is 0 Å². The lowest BCUT2D eigenvalue weighted by molar-refractivity contribution is 0.546. The zero-order valence-corrected chi connectivity index (χ0v) is 12.7. The highest BCUT2D eigenvalue weighted by Gasteiger charge is 2.13. The predicted molar refractivity (Wildman–Crippen MR) is 83.8 cm³/mol.